The third-order valence-corrected chi connectivity index (χ3v) is 5.19. The molecule has 1 aliphatic rings. The van der Waals surface area contributed by atoms with E-state index in [1.807, 2.05) is 6.07 Å². The number of amides is 1. The molecule has 0 saturated carbocycles. The van der Waals surface area contributed by atoms with E-state index in [1.165, 1.54) is 24.3 Å². The van der Waals surface area contributed by atoms with Gasteiger partial charge in [0.2, 0.25) is 11.7 Å². The zero-order valence-electron chi connectivity index (χ0n) is 16.3. The van der Waals surface area contributed by atoms with Crippen molar-refractivity contribution < 1.29 is 23.5 Å². The molecule has 1 amide bonds. The van der Waals surface area contributed by atoms with Crippen LogP contribution in [-0.4, -0.2) is 26.8 Å². The number of carbonyl (C=O) groups is 2. The number of ketones is 1. The number of imidazole rings is 1. The van der Waals surface area contributed by atoms with Gasteiger partial charge in [-0.05, 0) is 48.9 Å². The van der Waals surface area contributed by atoms with Crippen LogP contribution in [0, 0.1) is 12.7 Å². The molecule has 0 spiro atoms. The summed E-state index contributed by atoms with van der Waals surface area (Å²) in [5.41, 5.74) is 1.38. The number of aromatic nitrogens is 2. The molecule has 1 aliphatic heterocycles. The van der Waals surface area contributed by atoms with Gasteiger partial charge < -0.3 is 14.5 Å². The van der Waals surface area contributed by atoms with Crippen LogP contribution in [-0.2, 0) is 4.79 Å². The molecule has 0 saturated heterocycles. The number of benzene rings is 2. The molecule has 1 atom stereocenters. The Labute approximate surface area is 175 Å². The highest BCUT2D eigenvalue weighted by Crippen LogP contribution is 2.41. The average Bonchev–Trinajstić information content (AvgIpc) is 3.44. The largest absolute Gasteiger partial charge is 0.503 e. The fourth-order valence-electron chi connectivity index (χ4n) is 3.79. The first-order valence-electron chi connectivity index (χ1n) is 9.52. The van der Waals surface area contributed by atoms with Crippen LogP contribution in [0.3, 0.4) is 0 Å². The average molecular weight is 417 g/mol. The first kappa shape index (κ1) is 18.8. The molecule has 3 heterocycles. The smallest absolute Gasteiger partial charge is 0.296 e. The lowest BCUT2D eigenvalue weighted by Gasteiger charge is -2.24. The highest BCUT2D eigenvalue weighted by Gasteiger charge is 2.46. The van der Waals surface area contributed by atoms with Crippen molar-refractivity contribution in [1.82, 2.24) is 9.97 Å². The van der Waals surface area contributed by atoms with Crippen molar-refractivity contribution in [3.8, 4) is 0 Å². The van der Waals surface area contributed by atoms with E-state index in [2.05, 4.69) is 9.97 Å². The molecular formula is C23H16FN3O4. The van der Waals surface area contributed by atoms with Crippen LogP contribution in [0.15, 0.2) is 76.4 Å². The van der Waals surface area contributed by atoms with Crippen LogP contribution >= 0.6 is 0 Å². The van der Waals surface area contributed by atoms with Crippen molar-refractivity contribution in [2.24, 2.45) is 0 Å². The molecule has 0 fully saturated rings. The van der Waals surface area contributed by atoms with Crippen LogP contribution < -0.4 is 4.90 Å². The maximum atomic E-state index is 14.1. The lowest BCUT2D eigenvalue weighted by Crippen LogP contribution is -2.32. The molecule has 0 aliphatic carbocycles. The summed E-state index contributed by atoms with van der Waals surface area (Å²) in [6.45, 7) is 1.68. The van der Waals surface area contributed by atoms with Gasteiger partial charge in [0.25, 0.3) is 5.91 Å². The summed E-state index contributed by atoms with van der Waals surface area (Å²) in [4.78, 5) is 34.9. The Morgan fingerprint density at radius 2 is 1.97 bits per heavy atom. The molecular weight excluding hydrogens is 401 g/mol. The van der Waals surface area contributed by atoms with E-state index < -0.39 is 29.3 Å². The molecule has 31 heavy (non-hydrogen) atoms. The molecule has 2 aromatic carbocycles. The number of para-hydroxylation sites is 2. The number of hydrogen-bond acceptors (Lipinski definition) is 5. The van der Waals surface area contributed by atoms with Crippen molar-refractivity contribution in [3.63, 3.8) is 0 Å². The Bertz CT molecular complexity index is 1350. The van der Waals surface area contributed by atoms with Crippen molar-refractivity contribution in [3.05, 3.63) is 94.9 Å². The maximum absolute atomic E-state index is 14.1. The number of rotatable bonds is 4. The second-order valence-electron chi connectivity index (χ2n) is 7.21. The van der Waals surface area contributed by atoms with Crippen molar-refractivity contribution in [1.29, 1.82) is 0 Å². The standard InChI is InChI=1S/C23H16FN3O4/c1-12-9-10-17(31-12)20(28)18-19(13-5-4-6-14(24)11-13)27(22(30)21(18)29)23-25-15-7-2-3-8-16(15)26-23/h2-11,19,29H,1H3,(H,25,26). The van der Waals surface area contributed by atoms with E-state index in [-0.39, 0.29) is 17.3 Å². The highest BCUT2D eigenvalue weighted by atomic mass is 19.1. The van der Waals surface area contributed by atoms with E-state index in [0.717, 1.165) is 4.90 Å². The van der Waals surface area contributed by atoms with Crippen LogP contribution in [0.4, 0.5) is 10.3 Å². The number of halogens is 1. The second kappa shape index (κ2) is 6.94. The molecule has 0 bridgehead atoms. The summed E-state index contributed by atoms with van der Waals surface area (Å²) in [7, 11) is 0. The van der Waals surface area contributed by atoms with E-state index in [0.29, 0.717) is 22.4 Å². The van der Waals surface area contributed by atoms with Crippen LogP contribution in [0.1, 0.15) is 27.9 Å². The van der Waals surface area contributed by atoms with E-state index in [1.54, 1.807) is 37.3 Å². The normalized spacial score (nSPS) is 16.5. The molecule has 4 aromatic rings. The number of H-pyrrole nitrogens is 1. The lowest BCUT2D eigenvalue weighted by molar-refractivity contribution is -0.117. The Balaban J connectivity index is 1.69. The number of nitrogens with zero attached hydrogens (tertiary/aromatic N) is 2. The van der Waals surface area contributed by atoms with Gasteiger partial charge in [0.15, 0.2) is 11.5 Å². The number of nitrogens with one attached hydrogen (secondary N) is 1. The predicted octanol–water partition coefficient (Wildman–Crippen LogP) is 4.39. The van der Waals surface area contributed by atoms with Crippen molar-refractivity contribution in [2.75, 3.05) is 4.90 Å². The minimum absolute atomic E-state index is 0.0280. The third-order valence-electron chi connectivity index (χ3n) is 5.19. The monoisotopic (exact) mass is 417 g/mol. The number of hydrogen-bond donors (Lipinski definition) is 2. The Morgan fingerprint density at radius 1 is 1.16 bits per heavy atom. The topological polar surface area (TPSA) is 99.4 Å². The quantitative estimate of drug-likeness (QED) is 0.480. The van der Waals surface area contributed by atoms with Gasteiger partial charge in [0.1, 0.15) is 11.6 Å². The molecule has 8 heteroatoms. The molecule has 2 aromatic heterocycles. The first-order valence-corrected chi connectivity index (χ1v) is 9.52. The summed E-state index contributed by atoms with van der Waals surface area (Å²) in [6, 6.07) is 14.7. The maximum Gasteiger partial charge on any atom is 0.296 e. The fourth-order valence-corrected chi connectivity index (χ4v) is 3.79. The number of aryl methyl sites for hydroxylation is 1. The minimum atomic E-state index is -1.10. The molecule has 7 nitrogen and oxygen atoms in total. The van der Waals surface area contributed by atoms with Gasteiger partial charge in [-0.25, -0.2) is 9.37 Å². The predicted molar refractivity (Wildman–Crippen MR) is 110 cm³/mol. The van der Waals surface area contributed by atoms with E-state index in [9.17, 15) is 19.1 Å². The van der Waals surface area contributed by atoms with Gasteiger partial charge in [0.05, 0.1) is 22.6 Å². The summed E-state index contributed by atoms with van der Waals surface area (Å²) < 4.78 is 19.5. The van der Waals surface area contributed by atoms with Crippen LogP contribution in [0.2, 0.25) is 0 Å². The van der Waals surface area contributed by atoms with E-state index >= 15 is 0 Å². The Morgan fingerprint density at radius 3 is 2.68 bits per heavy atom. The SMILES string of the molecule is Cc1ccc(C(=O)C2=C(O)C(=O)N(c3nc4ccccc4[nH]3)C2c2cccc(F)c2)o1. The molecule has 1 unspecified atom stereocenters. The van der Waals surface area contributed by atoms with E-state index in [4.69, 9.17) is 4.42 Å². The Hall–Kier alpha value is -4.20. The summed E-state index contributed by atoms with van der Waals surface area (Å²) in [5, 5.41) is 10.7. The van der Waals surface area contributed by atoms with Crippen LogP contribution in [0.25, 0.3) is 11.0 Å². The number of furan rings is 1. The third kappa shape index (κ3) is 3.00. The Kier molecular flexibility index (Phi) is 4.21. The second-order valence-corrected chi connectivity index (χ2v) is 7.21. The zero-order chi connectivity index (χ0) is 21.7. The summed E-state index contributed by atoms with van der Waals surface area (Å²) in [6.07, 6.45) is 0. The van der Waals surface area contributed by atoms with Gasteiger partial charge >= 0.3 is 0 Å². The summed E-state index contributed by atoms with van der Waals surface area (Å²) in [5.74, 6) is -2.14. The van der Waals surface area contributed by atoms with Crippen LogP contribution in [0.5, 0.6) is 0 Å². The number of aromatic amines is 1. The van der Waals surface area contributed by atoms with Gasteiger partial charge in [-0.3, -0.25) is 14.5 Å². The lowest BCUT2D eigenvalue weighted by atomic mass is 9.95. The van der Waals surface area contributed by atoms with Gasteiger partial charge in [0, 0.05) is 0 Å². The zero-order valence-corrected chi connectivity index (χ0v) is 16.3. The number of Topliss-reactive ketones (excluding diaryl/α,β-unsaturated/α-hetero) is 1. The highest BCUT2D eigenvalue weighted by molar-refractivity contribution is 6.20. The molecule has 5 rings (SSSR count). The summed E-state index contributed by atoms with van der Waals surface area (Å²) >= 11 is 0. The van der Waals surface area contributed by atoms with Crippen molar-refractivity contribution in [2.45, 2.75) is 13.0 Å². The van der Waals surface area contributed by atoms with Gasteiger partial charge in [-0.1, -0.05) is 24.3 Å². The number of anilines is 1. The number of aliphatic hydroxyl groups is 1. The number of aliphatic hydroxyl groups excluding tert-OH is 1. The fraction of sp³-hybridized carbons (Fsp3) is 0.0870. The minimum Gasteiger partial charge on any atom is -0.503 e. The van der Waals surface area contributed by atoms with Gasteiger partial charge in [-0.2, -0.15) is 0 Å². The van der Waals surface area contributed by atoms with Crippen molar-refractivity contribution >= 4 is 28.7 Å². The molecule has 2 N–H and O–H groups in total. The molecule has 0 radical (unpaired) electrons. The number of fused-ring (bicyclic) bond motifs is 1. The molecule has 154 valence electrons. The van der Waals surface area contributed by atoms with Gasteiger partial charge in [-0.15, -0.1) is 0 Å². The number of carbonyl (C=O) groups excluding carboxylic acids is 2. The first-order chi connectivity index (χ1) is 14.9.